The Bertz CT molecular complexity index is 441. The van der Waals surface area contributed by atoms with Crippen molar-refractivity contribution in [2.75, 3.05) is 26.8 Å². The summed E-state index contributed by atoms with van der Waals surface area (Å²) in [5.74, 6) is 0.823. The lowest BCUT2D eigenvalue weighted by molar-refractivity contribution is 0.145. The molecule has 4 nitrogen and oxygen atoms in total. The molecule has 0 heterocycles. The van der Waals surface area contributed by atoms with Gasteiger partial charge in [0.2, 0.25) is 0 Å². The summed E-state index contributed by atoms with van der Waals surface area (Å²) in [5, 5.41) is 6.60. The summed E-state index contributed by atoms with van der Waals surface area (Å²) in [7, 11) is 1.78. The minimum Gasteiger partial charge on any atom is -0.382 e. The third-order valence-electron chi connectivity index (χ3n) is 2.94. The summed E-state index contributed by atoms with van der Waals surface area (Å²) < 4.78 is 6.41. The predicted octanol–water partition coefficient (Wildman–Crippen LogP) is 3.47. The highest BCUT2D eigenvalue weighted by Gasteiger charge is 2.01. The van der Waals surface area contributed by atoms with Crippen LogP contribution in [0.1, 0.15) is 24.5 Å². The van der Waals surface area contributed by atoms with Crippen LogP contribution in [0.25, 0.3) is 0 Å². The van der Waals surface area contributed by atoms with Crippen LogP contribution < -0.4 is 10.6 Å². The van der Waals surface area contributed by atoms with E-state index in [1.54, 1.807) is 7.05 Å². The minimum absolute atomic E-state index is 0. The van der Waals surface area contributed by atoms with Gasteiger partial charge in [-0.3, -0.25) is 4.99 Å². The van der Waals surface area contributed by atoms with Gasteiger partial charge in [-0.15, -0.1) is 24.0 Å². The number of hydrogen-bond acceptors (Lipinski definition) is 2. The number of rotatable bonds is 7. The van der Waals surface area contributed by atoms with E-state index in [0.29, 0.717) is 0 Å². The fourth-order valence-electron chi connectivity index (χ4n) is 1.78. The van der Waals surface area contributed by atoms with E-state index in [9.17, 15) is 0 Å². The molecule has 0 bridgehead atoms. The van der Waals surface area contributed by atoms with Crippen molar-refractivity contribution in [2.45, 2.75) is 26.8 Å². The Hall–Kier alpha value is -0.340. The SMILES string of the molecule is CCOCCCNC(=NC)NCc1ccc(Br)cc1C.I. The van der Waals surface area contributed by atoms with E-state index in [2.05, 4.69) is 56.7 Å². The highest BCUT2D eigenvalue weighted by atomic mass is 127. The van der Waals surface area contributed by atoms with Crippen molar-refractivity contribution in [3.05, 3.63) is 33.8 Å². The van der Waals surface area contributed by atoms with Crippen LogP contribution in [0.15, 0.2) is 27.7 Å². The van der Waals surface area contributed by atoms with Gasteiger partial charge >= 0.3 is 0 Å². The van der Waals surface area contributed by atoms with Crippen LogP contribution in [0.4, 0.5) is 0 Å². The molecule has 0 aromatic heterocycles. The smallest absolute Gasteiger partial charge is 0.191 e. The Morgan fingerprint density at radius 2 is 2.10 bits per heavy atom. The number of aryl methyl sites for hydroxylation is 1. The topological polar surface area (TPSA) is 45.6 Å². The lowest BCUT2D eigenvalue weighted by Gasteiger charge is -2.13. The second-order valence-corrected chi connectivity index (χ2v) is 5.39. The van der Waals surface area contributed by atoms with Gasteiger partial charge in [0.15, 0.2) is 5.96 Å². The molecular formula is C15H25BrIN3O. The number of ether oxygens (including phenoxy) is 1. The molecule has 2 N–H and O–H groups in total. The average Bonchev–Trinajstić information content (AvgIpc) is 2.43. The van der Waals surface area contributed by atoms with Crippen LogP contribution in [0.3, 0.4) is 0 Å². The van der Waals surface area contributed by atoms with Gasteiger partial charge in [-0.05, 0) is 43.5 Å². The van der Waals surface area contributed by atoms with E-state index in [4.69, 9.17) is 4.74 Å². The summed E-state index contributed by atoms with van der Waals surface area (Å²) >= 11 is 3.48. The molecule has 1 rings (SSSR count). The number of aliphatic imine (C=N–C) groups is 1. The lowest BCUT2D eigenvalue weighted by Crippen LogP contribution is -2.37. The summed E-state index contributed by atoms with van der Waals surface area (Å²) in [4.78, 5) is 4.21. The maximum Gasteiger partial charge on any atom is 0.191 e. The van der Waals surface area contributed by atoms with Gasteiger partial charge in [-0.1, -0.05) is 22.0 Å². The molecule has 0 spiro atoms. The Labute approximate surface area is 153 Å². The second kappa shape index (κ2) is 12.2. The highest BCUT2D eigenvalue weighted by molar-refractivity contribution is 14.0. The molecular weight excluding hydrogens is 445 g/mol. The predicted molar refractivity (Wildman–Crippen MR) is 104 cm³/mol. The first kappa shape index (κ1) is 20.7. The molecule has 1 aromatic rings. The molecule has 120 valence electrons. The van der Waals surface area contributed by atoms with Crippen molar-refractivity contribution >= 4 is 45.9 Å². The molecule has 6 heteroatoms. The molecule has 0 saturated heterocycles. The number of halogens is 2. The van der Waals surface area contributed by atoms with Crippen LogP contribution >= 0.6 is 39.9 Å². The van der Waals surface area contributed by atoms with Crippen LogP contribution in [-0.4, -0.2) is 32.8 Å². The van der Waals surface area contributed by atoms with Crippen molar-refractivity contribution in [3.8, 4) is 0 Å². The number of hydrogen-bond donors (Lipinski definition) is 2. The highest BCUT2D eigenvalue weighted by Crippen LogP contribution is 2.15. The Balaban J connectivity index is 0.00000400. The van der Waals surface area contributed by atoms with Gasteiger partial charge in [0.1, 0.15) is 0 Å². The molecule has 0 aliphatic rings. The summed E-state index contributed by atoms with van der Waals surface area (Å²) in [6, 6.07) is 6.30. The molecule has 0 radical (unpaired) electrons. The molecule has 0 saturated carbocycles. The summed E-state index contributed by atoms with van der Waals surface area (Å²) in [6.07, 6.45) is 0.978. The molecule has 0 unspecified atom stereocenters. The largest absolute Gasteiger partial charge is 0.382 e. The van der Waals surface area contributed by atoms with Crippen LogP contribution in [0.5, 0.6) is 0 Å². The van der Waals surface area contributed by atoms with Crippen LogP contribution in [0, 0.1) is 6.92 Å². The summed E-state index contributed by atoms with van der Waals surface area (Å²) in [6.45, 7) is 7.31. The Morgan fingerprint density at radius 3 is 2.71 bits per heavy atom. The summed E-state index contributed by atoms with van der Waals surface area (Å²) in [5.41, 5.74) is 2.53. The number of guanidine groups is 1. The zero-order valence-corrected chi connectivity index (χ0v) is 16.8. The Morgan fingerprint density at radius 1 is 1.33 bits per heavy atom. The third-order valence-corrected chi connectivity index (χ3v) is 3.43. The number of nitrogens with zero attached hydrogens (tertiary/aromatic N) is 1. The van der Waals surface area contributed by atoms with Crippen molar-refractivity contribution < 1.29 is 4.74 Å². The van der Waals surface area contributed by atoms with Crippen molar-refractivity contribution in [1.82, 2.24) is 10.6 Å². The normalized spacial score (nSPS) is 11.0. The van der Waals surface area contributed by atoms with Gasteiger partial charge in [0, 0.05) is 37.8 Å². The van der Waals surface area contributed by atoms with E-state index in [1.807, 2.05) is 6.92 Å². The van der Waals surface area contributed by atoms with Crippen LogP contribution in [-0.2, 0) is 11.3 Å². The van der Waals surface area contributed by atoms with Crippen molar-refractivity contribution in [3.63, 3.8) is 0 Å². The van der Waals surface area contributed by atoms with E-state index in [1.165, 1.54) is 11.1 Å². The molecule has 0 fully saturated rings. The van der Waals surface area contributed by atoms with Crippen molar-refractivity contribution in [1.29, 1.82) is 0 Å². The Kier molecular flexibility index (Phi) is 12.0. The quantitative estimate of drug-likeness (QED) is 0.278. The van der Waals surface area contributed by atoms with Gasteiger partial charge in [-0.2, -0.15) is 0 Å². The monoisotopic (exact) mass is 469 g/mol. The van der Waals surface area contributed by atoms with Gasteiger partial charge < -0.3 is 15.4 Å². The van der Waals surface area contributed by atoms with E-state index in [-0.39, 0.29) is 24.0 Å². The number of nitrogens with one attached hydrogen (secondary N) is 2. The van der Waals surface area contributed by atoms with Crippen LogP contribution in [0.2, 0.25) is 0 Å². The first-order chi connectivity index (χ1) is 9.67. The van der Waals surface area contributed by atoms with Gasteiger partial charge in [-0.25, -0.2) is 0 Å². The fourth-order valence-corrected chi connectivity index (χ4v) is 2.26. The molecule has 0 amide bonds. The first-order valence-electron chi connectivity index (χ1n) is 6.94. The zero-order valence-electron chi connectivity index (χ0n) is 12.9. The third kappa shape index (κ3) is 8.63. The fraction of sp³-hybridized carbons (Fsp3) is 0.533. The molecule has 0 aliphatic carbocycles. The van der Waals surface area contributed by atoms with E-state index < -0.39 is 0 Å². The molecule has 21 heavy (non-hydrogen) atoms. The van der Waals surface area contributed by atoms with E-state index >= 15 is 0 Å². The standard InChI is InChI=1S/C15H24BrN3O.HI/c1-4-20-9-5-8-18-15(17-3)19-11-13-6-7-14(16)10-12(13)2;/h6-7,10H,4-5,8-9,11H2,1-3H3,(H2,17,18,19);1H. The second-order valence-electron chi connectivity index (χ2n) is 4.47. The average molecular weight is 470 g/mol. The van der Waals surface area contributed by atoms with Gasteiger partial charge in [0.05, 0.1) is 0 Å². The van der Waals surface area contributed by atoms with Crippen molar-refractivity contribution in [2.24, 2.45) is 4.99 Å². The zero-order chi connectivity index (χ0) is 14.8. The molecule has 0 atom stereocenters. The van der Waals surface area contributed by atoms with Gasteiger partial charge in [0.25, 0.3) is 0 Å². The van der Waals surface area contributed by atoms with E-state index in [0.717, 1.165) is 43.2 Å². The first-order valence-corrected chi connectivity index (χ1v) is 7.74. The maximum absolute atomic E-state index is 5.30. The number of benzene rings is 1. The molecule has 1 aromatic carbocycles. The minimum atomic E-state index is 0. The molecule has 0 aliphatic heterocycles. The maximum atomic E-state index is 5.30. The lowest BCUT2D eigenvalue weighted by atomic mass is 10.1.